The van der Waals surface area contributed by atoms with Crippen LogP contribution in [0.2, 0.25) is 0 Å². The zero-order chi connectivity index (χ0) is 20.8. The van der Waals surface area contributed by atoms with Crippen molar-refractivity contribution in [3.63, 3.8) is 0 Å². The van der Waals surface area contributed by atoms with Gasteiger partial charge in [-0.25, -0.2) is 0 Å². The van der Waals surface area contributed by atoms with E-state index in [2.05, 4.69) is 10.6 Å². The normalized spacial score (nSPS) is 15.5. The van der Waals surface area contributed by atoms with E-state index in [1.165, 1.54) is 6.26 Å². The number of ether oxygens (including phenoxy) is 2. The largest absolute Gasteiger partial charge is 0.490 e. The number of nitrogens with one attached hydrogen (secondary N) is 2. The van der Waals surface area contributed by atoms with Crippen molar-refractivity contribution < 1.29 is 23.5 Å². The van der Waals surface area contributed by atoms with Crippen molar-refractivity contribution in [2.24, 2.45) is 0 Å². The van der Waals surface area contributed by atoms with Gasteiger partial charge in [-0.05, 0) is 55.3 Å². The molecular weight excluding hydrogens is 384 g/mol. The van der Waals surface area contributed by atoms with Crippen LogP contribution in [0.25, 0.3) is 0 Å². The Bertz CT molecular complexity index is 1010. The first-order valence-electron chi connectivity index (χ1n) is 9.79. The van der Waals surface area contributed by atoms with Gasteiger partial charge >= 0.3 is 0 Å². The van der Waals surface area contributed by atoms with Gasteiger partial charge in [0.05, 0.1) is 17.9 Å². The molecule has 2 heterocycles. The monoisotopic (exact) mass is 406 g/mol. The summed E-state index contributed by atoms with van der Waals surface area (Å²) in [5.74, 6) is 0.0540. The topological polar surface area (TPSA) is 89.8 Å². The first-order chi connectivity index (χ1) is 14.7. The van der Waals surface area contributed by atoms with Gasteiger partial charge in [0.2, 0.25) is 0 Å². The summed E-state index contributed by atoms with van der Waals surface area (Å²) in [6, 6.07) is 17.2. The van der Waals surface area contributed by atoms with Crippen LogP contribution in [-0.2, 0) is 4.74 Å². The maximum Gasteiger partial charge on any atom is 0.291 e. The average molecular weight is 406 g/mol. The highest BCUT2D eigenvalue weighted by Crippen LogP contribution is 2.23. The molecule has 7 heteroatoms. The van der Waals surface area contributed by atoms with E-state index in [9.17, 15) is 9.59 Å². The lowest BCUT2D eigenvalue weighted by molar-refractivity contribution is 0.0673. The number of furan rings is 1. The zero-order valence-electron chi connectivity index (χ0n) is 16.3. The lowest BCUT2D eigenvalue weighted by Gasteiger charge is -2.15. The maximum absolute atomic E-state index is 12.8. The van der Waals surface area contributed by atoms with E-state index in [1.807, 2.05) is 6.07 Å². The number of hydrogen-bond donors (Lipinski definition) is 2. The summed E-state index contributed by atoms with van der Waals surface area (Å²) in [4.78, 5) is 25.0. The Balaban J connectivity index is 1.42. The molecular formula is C23H22N2O5. The second-order valence-electron chi connectivity index (χ2n) is 6.91. The fraction of sp³-hybridized carbons (Fsp3) is 0.217. The molecule has 2 N–H and O–H groups in total. The van der Waals surface area contributed by atoms with Gasteiger partial charge in [-0.15, -0.1) is 0 Å². The van der Waals surface area contributed by atoms with Crippen LogP contribution < -0.4 is 15.4 Å². The molecule has 30 heavy (non-hydrogen) atoms. The Morgan fingerprint density at radius 2 is 1.77 bits per heavy atom. The number of benzene rings is 2. The zero-order valence-corrected chi connectivity index (χ0v) is 16.3. The average Bonchev–Trinajstić information content (AvgIpc) is 3.47. The number of carbonyl (C=O) groups excluding carboxylic acids is 2. The molecule has 0 radical (unpaired) electrons. The summed E-state index contributed by atoms with van der Waals surface area (Å²) >= 11 is 0. The molecule has 0 saturated carbocycles. The van der Waals surface area contributed by atoms with E-state index in [0.29, 0.717) is 29.3 Å². The highest BCUT2D eigenvalue weighted by atomic mass is 16.5. The molecule has 0 bridgehead atoms. The van der Waals surface area contributed by atoms with Crippen molar-refractivity contribution in [1.82, 2.24) is 0 Å². The summed E-state index contributed by atoms with van der Waals surface area (Å²) in [6.45, 7) is 1.17. The van der Waals surface area contributed by atoms with Crippen LogP contribution in [0.1, 0.15) is 33.8 Å². The van der Waals surface area contributed by atoms with Crippen LogP contribution in [0.15, 0.2) is 71.3 Å². The number of rotatable bonds is 7. The van der Waals surface area contributed by atoms with E-state index < -0.39 is 0 Å². The molecule has 2 amide bonds. The minimum atomic E-state index is -0.364. The number of hydrogen-bond acceptors (Lipinski definition) is 5. The summed E-state index contributed by atoms with van der Waals surface area (Å²) in [6.07, 6.45) is 3.49. The van der Waals surface area contributed by atoms with Crippen molar-refractivity contribution in [3.8, 4) is 5.75 Å². The molecule has 154 valence electrons. The highest BCUT2D eigenvalue weighted by molar-refractivity contribution is 6.07. The number of amides is 2. The second-order valence-corrected chi connectivity index (χ2v) is 6.91. The van der Waals surface area contributed by atoms with Gasteiger partial charge in [0, 0.05) is 18.0 Å². The third kappa shape index (κ3) is 4.87. The quantitative estimate of drug-likeness (QED) is 0.609. The van der Waals surface area contributed by atoms with Crippen LogP contribution in [-0.4, -0.2) is 31.1 Å². The Hall–Kier alpha value is -3.58. The minimum absolute atomic E-state index is 0.0653. The molecule has 7 nitrogen and oxygen atoms in total. The van der Waals surface area contributed by atoms with Crippen molar-refractivity contribution >= 4 is 23.2 Å². The summed E-state index contributed by atoms with van der Waals surface area (Å²) in [7, 11) is 0. The lowest BCUT2D eigenvalue weighted by atomic mass is 10.1. The van der Waals surface area contributed by atoms with Gasteiger partial charge in [0.15, 0.2) is 5.76 Å². The predicted octanol–water partition coefficient (Wildman–Crippen LogP) is 4.34. The SMILES string of the molecule is O=C(Nc1cccc(NC(=O)c2ccccc2OC[C@@H]2CCCO2)c1)c1ccco1. The second kappa shape index (κ2) is 9.28. The Morgan fingerprint density at radius 1 is 0.967 bits per heavy atom. The number of para-hydroxylation sites is 1. The molecule has 4 rings (SSSR count). The third-order valence-corrected chi connectivity index (χ3v) is 4.70. The van der Waals surface area contributed by atoms with Gasteiger partial charge in [-0.1, -0.05) is 18.2 Å². The minimum Gasteiger partial charge on any atom is -0.490 e. The van der Waals surface area contributed by atoms with Crippen molar-refractivity contribution in [3.05, 3.63) is 78.3 Å². The molecule has 1 aliphatic heterocycles. The summed E-state index contributed by atoms with van der Waals surface area (Å²) < 4.78 is 16.5. The Kier molecular flexibility index (Phi) is 6.10. The van der Waals surface area contributed by atoms with Crippen LogP contribution in [0.5, 0.6) is 5.75 Å². The number of carbonyl (C=O) groups is 2. The van der Waals surface area contributed by atoms with E-state index in [4.69, 9.17) is 13.9 Å². The molecule has 0 spiro atoms. The third-order valence-electron chi connectivity index (χ3n) is 4.70. The molecule has 1 aliphatic rings. The van der Waals surface area contributed by atoms with Crippen molar-refractivity contribution in [1.29, 1.82) is 0 Å². The lowest BCUT2D eigenvalue weighted by Crippen LogP contribution is -2.19. The van der Waals surface area contributed by atoms with Gasteiger partial charge in [0.25, 0.3) is 11.8 Å². The van der Waals surface area contributed by atoms with E-state index in [1.54, 1.807) is 54.6 Å². The Labute approximate surface area is 174 Å². The van der Waals surface area contributed by atoms with Crippen LogP contribution in [0.4, 0.5) is 11.4 Å². The standard InChI is InChI=1S/C23H22N2O5/c26-22(19-9-1-2-10-20(19)30-15-18-8-4-12-28-18)24-16-6-3-7-17(14-16)25-23(27)21-11-5-13-29-21/h1-3,5-7,9-11,13-14,18H,4,8,12,15H2,(H,24,26)(H,25,27)/t18-/m0/s1. The van der Waals surface area contributed by atoms with Crippen LogP contribution in [0.3, 0.4) is 0 Å². The van der Waals surface area contributed by atoms with Crippen LogP contribution in [0, 0.1) is 0 Å². The molecule has 1 aromatic heterocycles. The van der Waals surface area contributed by atoms with E-state index in [0.717, 1.165) is 19.4 Å². The number of anilines is 2. The van der Waals surface area contributed by atoms with Gasteiger partial charge in [-0.2, -0.15) is 0 Å². The molecule has 1 atom stereocenters. The molecule has 3 aromatic rings. The van der Waals surface area contributed by atoms with Crippen LogP contribution >= 0.6 is 0 Å². The molecule has 1 fully saturated rings. The van der Waals surface area contributed by atoms with E-state index >= 15 is 0 Å². The first kappa shape index (κ1) is 19.7. The fourth-order valence-corrected chi connectivity index (χ4v) is 3.21. The molecule has 1 saturated heterocycles. The van der Waals surface area contributed by atoms with Gasteiger partial charge in [0.1, 0.15) is 12.4 Å². The summed E-state index contributed by atoms with van der Waals surface area (Å²) in [5, 5.41) is 5.59. The maximum atomic E-state index is 12.8. The fourth-order valence-electron chi connectivity index (χ4n) is 3.21. The van der Waals surface area contributed by atoms with Gasteiger partial charge in [-0.3, -0.25) is 9.59 Å². The molecule has 2 aromatic carbocycles. The predicted molar refractivity (Wildman–Crippen MR) is 112 cm³/mol. The van der Waals surface area contributed by atoms with Gasteiger partial charge < -0.3 is 24.5 Å². The Morgan fingerprint density at radius 3 is 2.50 bits per heavy atom. The molecule has 0 aliphatic carbocycles. The smallest absolute Gasteiger partial charge is 0.291 e. The van der Waals surface area contributed by atoms with E-state index in [-0.39, 0.29) is 23.7 Å². The summed E-state index contributed by atoms with van der Waals surface area (Å²) in [5.41, 5.74) is 1.52. The first-order valence-corrected chi connectivity index (χ1v) is 9.79. The molecule has 0 unspecified atom stereocenters. The van der Waals surface area contributed by atoms with Crippen molar-refractivity contribution in [2.75, 3.05) is 23.8 Å². The highest BCUT2D eigenvalue weighted by Gasteiger charge is 2.18. The van der Waals surface area contributed by atoms with Crippen molar-refractivity contribution in [2.45, 2.75) is 18.9 Å².